The van der Waals surface area contributed by atoms with E-state index in [9.17, 15) is 4.39 Å². The minimum Gasteiger partial charge on any atom is -0.493 e. The Labute approximate surface area is 222 Å². The Morgan fingerprint density at radius 2 is 1.82 bits per heavy atom. The molecule has 6 rings (SSSR count). The molecule has 0 unspecified atom stereocenters. The molecule has 190 valence electrons. The number of nitrogens with one attached hydrogen (secondary N) is 1. The van der Waals surface area contributed by atoms with Gasteiger partial charge < -0.3 is 14.8 Å². The van der Waals surface area contributed by atoms with E-state index in [-0.39, 0.29) is 18.5 Å². The van der Waals surface area contributed by atoms with E-state index in [0.717, 1.165) is 23.2 Å². The number of nitrogens with zero attached hydrogens (tertiary/aromatic N) is 1. The van der Waals surface area contributed by atoms with Crippen LogP contribution < -0.4 is 14.8 Å². The topological polar surface area (TPSA) is 42.8 Å². The smallest absolute Gasteiger partial charge is 0.161 e. The van der Waals surface area contributed by atoms with Crippen LogP contribution in [0.15, 0.2) is 108 Å². The maximum Gasteiger partial charge on any atom is 0.161 e. The number of halogens is 1. The van der Waals surface area contributed by atoms with Crippen molar-refractivity contribution < 1.29 is 13.9 Å². The van der Waals surface area contributed by atoms with Crippen molar-refractivity contribution in [3.63, 3.8) is 0 Å². The molecule has 0 aromatic heterocycles. The molecule has 1 aliphatic carbocycles. The van der Waals surface area contributed by atoms with Gasteiger partial charge in [0.05, 0.1) is 18.8 Å². The second-order valence-electron chi connectivity index (χ2n) is 9.74. The van der Waals surface area contributed by atoms with Gasteiger partial charge in [-0.05, 0) is 83.1 Å². The van der Waals surface area contributed by atoms with Crippen LogP contribution >= 0.6 is 0 Å². The lowest BCUT2D eigenvalue weighted by atomic mass is 9.77. The molecule has 5 heteroatoms. The quantitative estimate of drug-likeness (QED) is 0.205. The van der Waals surface area contributed by atoms with Crippen LogP contribution in [0.2, 0.25) is 0 Å². The molecular formula is C33H29FN2O2. The van der Waals surface area contributed by atoms with Crippen LogP contribution in [0.4, 0.5) is 15.8 Å². The average molecular weight is 505 g/mol. The van der Waals surface area contributed by atoms with Gasteiger partial charge in [0, 0.05) is 17.8 Å². The molecule has 2 aliphatic rings. The van der Waals surface area contributed by atoms with Crippen LogP contribution in [0.1, 0.15) is 40.6 Å². The van der Waals surface area contributed by atoms with E-state index in [0.29, 0.717) is 23.3 Å². The summed E-state index contributed by atoms with van der Waals surface area (Å²) in [4.78, 5) is 4.68. The van der Waals surface area contributed by atoms with Crippen LogP contribution in [0, 0.1) is 11.7 Å². The zero-order chi connectivity index (χ0) is 25.9. The number of para-hydroxylation sites is 1. The van der Waals surface area contributed by atoms with E-state index in [2.05, 4.69) is 71.0 Å². The van der Waals surface area contributed by atoms with Gasteiger partial charge in [0.2, 0.25) is 0 Å². The molecular weight excluding hydrogens is 475 g/mol. The first kappa shape index (κ1) is 24.0. The number of hydrogen-bond acceptors (Lipinski definition) is 4. The molecule has 0 radical (unpaired) electrons. The lowest BCUT2D eigenvalue weighted by molar-refractivity contribution is 0.284. The van der Waals surface area contributed by atoms with E-state index in [1.54, 1.807) is 13.2 Å². The van der Waals surface area contributed by atoms with Gasteiger partial charge in [-0.15, -0.1) is 0 Å². The summed E-state index contributed by atoms with van der Waals surface area (Å²) in [7, 11) is 1.60. The summed E-state index contributed by atoms with van der Waals surface area (Å²) in [5.74, 6) is 1.90. The van der Waals surface area contributed by atoms with E-state index >= 15 is 0 Å². The van der Waals surface area contributed by atoms with Crippen molar-refractivity contribution in [1.29, 1.82) is 0 Å². The van der Waals surface area contributed by atoms with Gasteiger partial charge in [-0.1, -0.05) is 54.6 Å². The summed E-state index contributed by atoms with van der Waals surface area (Å²) in [5.41, 5.74) is 6.44. The minimum absolute atomic E-state index is 0.257. The normalized spacial score (nSPS) is 19.6. The molecule has 4 aromatic carbocycles. The summed E-state index contributed by atoms with van der Waals surface area (Å²) in [6, 6.07) is 29.4. The second-order valence-corrected chi connectivity index (χ2v) is 9.74. The van der Waals surface area contributed by atoms with Crippen molar-refractivity contribution >= 4 is 17.6 Å². The Hall–Kier alpha value is -4.38. The number of benzene rings is 4. The third-order valence-electron chi connectivity index (χ3n) is 7.36. The van der Waals surface area contributed by atoms with Gasteiger partial charge in [-0.3, -0.25) is 4.99 Å². The molecule has 4 aromatic rings. The van der Waals surface area contributed by atoms with Gasteiger partial charge in [0.25, 0.3) is 0 Å². The minimum atomic E-state index is -0.280. The standard InChI is InChI=1S/C33H29FN2O2/c1-37-32-19-22(12-17-31(32)38-21-23-6-4-7-25(34)18-23)20-35-26-15-13-24(14-16-26)33-29-10-5-9-27(29)28-8-2-3-11-30(28)36-33/h2-9,11-20,27,29,33,36H,10,21H2,1H3/t27-,29-,33+/m1/s1. The number of anilines is 1. The lowest BCUT2D eigenvalue weighted by Crippen LogP contribution is -2.28. The summed E-state index contributed by atoms with van der Waals surface area (Å²) in [6.07, 6.45) is 7.58. The number of aliphatic imine (C=N–C) groups is 1. The van der Waals surface area contributed by atoms with Crippen molar-refractivity contribution in [1.82, 2.24) is 0 Å². The van der Waals surface area contributed by atoms with E-state index in [4.69, 9.17) is 9.47 Å². The van der Waals surface area contributed by atoms with Crippen LogP contribution in [0.25, 0.3) is 0 Å². The van der Waals surface area contributed by atoms with Gasteiger partial charge in [0.15, 0.2) is 11.5 Å². The lowest BCUT2D eigenvalue weighted by Gasteiger charge is -2.37. The molecule has 0 spiro atoms. The van der Waals surface area contributed by atoms with E-state index in [1.807, 2.05) is 30.5 Å². The van der Waals surface area contributed by atoms with Crippen LogP contribution in [-0.2, 0) is 6.61 Å². The van der Waals surface area contributed by atoms with Gasteiger partial charge in [-0.25, -0.2) is 4.39 Å². The molecule has 0 amide bonds. The fraction of sp³-hybridized carbons (Fsp3) is 0.182. The van der Waals surface area contributed by atoms with Crippen LogP contribution in [0.3, 0.4) is 0 Å². The fourth-order valence-electron chi connectivity index (χ4n) is 5.46. The zero-order valence-corrected chi connectivity index (χ0v) is 21.2. The Morgan fingerprint density at radius 1 is 0.947 bits per heavy atom. The first-order chi connectivity index (χ1) is 18.7. The van der Waals surface area contributed by atoms with Crippen LogP contribution in [-0.4, -0.2) is 13.3 Å². The van der Waals surface area contributed by atoms with Crippen molar-refractivity contribution in [2.45, 2.75) is 25.0 Å². The first-order valence-electron chi connectivity index (χ1n) is 12.9. The van der Waals surface area contributed by atoms with Gasteiger partial charge in [0.1, 0.15) is 12.4 Å². The van der Waals surface area contributed by atoms with Crippen molar-refractivity contribution in [2.75, 3.05) is 12.4 Å². The highest BCUT2D eigenvalue weighted by Crippen LogP contribution is 2.49. The number of allylic oxidation sites excluding steroid dienone is 2. The Morgan fingerprint density at radius 3 is 2.66 bits per heavy atom. The van der Waals surface area contributed by atoms with Crippen LogP contribution in [0.5, 0.6) is 11.5 Å². The molecule has 0 saturated carbocycles. The Balaban J connectivity index is 1.14. The first-order valence-corrected chi connectivity index (χ1v) is 12.9. The molecule has 0 bridgehead atoms. The predicted molar refractivity (Wildman–Crippen MR) is 150 cm³/mol. The molecule has 0 saturated heterocycles. The van der Waals surface area contributed by atoms with Crippen molar-refractivity contribution in [3.8, 4) is 11.5 Å². The number of fused-ring (bicyclic) bond motifs is 3. The van der Waals surface area contributed by atoms with Crippen molar-refractivity contribution in [2.24, 2.45) is 10.9 Å². The highest BCUT2D eigenvalue weighted by molar-refractivity contribution is 5.83. The number of methoxy groups -OCH3 is 1. The SMILES string of the molecule is COc1cc(C=Nc2ccc([C@@H]3Nc4ccccc4[C@H]4C=CC[C@H]43)cc2)ccc1OCc1cccc(F)c1. The number of ether oxygens (including phenoxy) is 2. The average Bonchev–Trinajstić information content (AvgIpc) is 3.46. The molecule has 1 heterocycles. The Kier molecular flexibility index (Phi) is 6.65. The molecule has 4 nitrogen and oxygen atoms in total. The van der Waals surface area contributed by atoms with Crippen molar-refractivity contribution in [3.05, 3.63) is 131 Å². The number of hydrogen-bond donors (Lipinski definition) is 1. The third kappa shape index (κ3) is 4.92. The zero-order valence-electron chi connectivity index (χ0n) is 21.2. The summed E-state index contributed by atoms with van der Waals surface area (Å²) in [5, 5.41) is 3.78. The van der Waals surface area contributed by atoms with E-state index < -0.39 is 0 Å². The van der Waals surface area contributed by atoms with Gasteiger partial charge in [-0.2, -0.15) is 0 Å². The monoisotopic (exact) mass is 504 g/mol. The third-order valence-corrected chi connectivity index (χ3v) is 7.36. The largest absolute Gasteiger partial charge is 0.493 e. The summed E-state index contributed by atoms with van der Waals surface area (Å²) in [6.45, 7) is 0.257. The second kappa shape index (κ2) is 10.5. The maximum absolute atomic E-state index is 13.4. The number of rotatable bonds is 7. The highest BCUT2D eigenvalue weighted by atomic mass is 19.1. The fourth-order valence-corrected chi connectivity index (χ4v) is 5.46. The Bertz CT molecular complexity index is 1500. The maximum atomic E-state index is 13.4. The summed E-state index contributed by atoms with van der Waals surface area (Å²) >= 11 is 0. The molecule has 38 heavy (non-hydrogen) atoms. The predicted octanol–water partition coefficient (Wildman–Crippen LogP) is 7.99. The molecule has 1 N–H and O–H groups in total. The molecule has 1 aliphatic heterocycles. The highest BCUT2D eigenvalue weighted by Gasteiger charge is 2.37. The molecule has 3 atom stereocenters. The van der Waals surface area contributed by atoms with E-state index in [1.165, 1.54) is 28.9 Å². The summed E-state index contributed by atoms with van der Waals surface area (Å²) < 4.78 is 24.8. The molecule has 0 fully saturated rings. The van der Waals surface area contributed by atoms with Gasteiger partial charge >= 0.3 is 0 Å².